The minimum Gasteiger partial charge on any atom is -0.497 e. The smallest absolute Gasteiger partial charge is 0.177 e. The van der Waals surface area contributed by atoms with Gasteiger partial charge in [0, 0.05) is 18.5 Å². The van der Waals surface area contributed by atoms with Crippen molar-refractivity contribution in [1.82, 2.24) is 9.55 Å². The zero-order chi connectivity index (χ0) is 14.4. The number of rotatable bonds is 2. The first-order chi connectivity index (χ1) is 10.3. The molecule has 0 saturated carbocycles. The van der Waals surface area contributed by atoms with Crippen molar-refractivity contribution in [2.75, 3.05) is 7.11 Å². The summed E-state index contributed by atoms with van der Waals surface area (Å²) in [6.45, 7) is 0. The lowest BCUT2D eigenvalue weighted by Crippen LogP contribution is -1.90. The predicted molar refractivity (Wildman–Crippen MR) is 82.5 cm³/mol. The third-order valence-corrected chi connectivity index (χ3v) is 3.73. The quantitative estimate of drug-likeness (QED) is 0.556. The molecule has 0 amide bonds. The third-order valence-electron chi connectivity index (χ3n) is 3.73. The number of hydrogen-bond donors (Lipinski definition) is 0. The van der Waals surface area contributed by atoms with E-state index in [1.807, 2.05) is 54.1 Å². The van der Waals surface area contributed by atoms with E-state index >= 15 is 0 Å². The number of benzene rings is 2. The second-order valence-electron chi connectivity index (χ2n) is 5.00. The Morgan fingerprint density at radius 1 is 1.10 bits per heavy atom. The maximum Gasteiger partial charge on any atom is 0.177 e. The van der Waals surface area contributed by atoms with Gasteiger partial charge in [0.1, 0.15) is 11.3 Å². The molecule has 0 saturated heterocycles. The van der Waals surface area contributed by atoms with Gasteiger partial charge in [0.2, 0.25) is 0 Å². The molecule has 0 radical (unpaired) electrons. The van der Waals surface area contributed by atoms with Crippen molar-refractivity contribution in [2.45, 2.75) is 0 Å². The zero-order valence-electron chi connectivity index (χ0n) is 11.8. The number of para-hydroxylation sites is 2. The number of nitrogens with zero attached hydrogens (tertiary/aromatic N) is 2. The van der Waals surface area contributed by atoms with Gasteiger partial charge in [-0.25, -0.2) is 4.98 Å². The fourth-order valence-electron chi connectivity index (χ4n) is 2.61. The van der Waals surface area contributed by atoms with Crippen LogP contribution in [0.25, 0.3) is 33.6 Å². The average molecular weight is 278 g/mol. The number of fused-ring (bicyclic) bond motifs is 2. The molecule has 4 rings (SSSR count). The van der Waals surface area contributed by atoms with E-state index in [2.05, 4.69) is 11.1 Å². The molecule has 0 aliphatic heterocycles. The number of methoxy groups -OCH3 is 1. The van der Waals surface area contributed by atoms with Crippen LogP contribution in [-0.4, -0.2) is 16.7 Å². The Hall–Kier alpha value is -2.75. The lowest BCUT2D eigenvalue weighted by Gasteiger charge is -1.98. The SMILES string of the molecule is COc1ccc2cc(-c3nc4ccccc4n3C)oc2c1. The molecule has 0 atom stereocenters. The van der Waals surface area contributed by atoms with Crippen molar-refractivity contribution < 1.29 is 9.15 Å². The summed E-state index contributed by atoms with van der Waals surface area (Å²) in [5.41, 5.74) is 2.86. The second kappa shape index (κ2) is 4.38. The topological polar surface area (TPSA) is 40.2 Å². The van der Waals surface area contributed by atoms with Gasteiger partial charge in [0.25, 0.3) is 0 Å². The molecule has 0 N–H and O–H groups in total. The van der Waals surface area contributed by atoms with Crippen LogP contribution in [0.2, 0.25) is 0 Å². The molecule has 2 aromatic heterocycles. The molecule has 2 aromatic carbocycles. The first kappa shape index (κ1) is 12.0. The first-order valence-electron chi connectivity index (χ1n) is 6.75. The second-order valence-corrected chi connectivity index (χ2v) is 5.00. The Balaban J connectivity index is 1.93. The van der Waals surface area contributed by atoms with Crippen molar-refractivity contribution in [3.63, 3.8) is 0 Å². The Morgan fingerprint density at radius 2 is 1.95 bits per heavy atom. The molecule has 0 aliphatic rings. The van der Waals surface area contributed by atoms with Gasteiger partial charge < -0.3 is 13.7 Å². The molecule has 2 heterocycles. The van der Waals surface area contributed by atoms with E-state index in [1.165, 1.54) is 0 Å². The molecule has 104 valence electrons. The van der Waals surface area contributed by atoms with Crippen molar-refractivity contribution in [1.29, 1.82) is 0 Å². The molecular weight excluding hydrogens is 264 g/mol. The number of imidazole rings is 1. The lowest BCUT2D eigenvalue weighted by molar-refractivity contribution is 0.414. The minimum absolute atomic E-state index is 0.761. The molecular formula is C17H14N2O2. The van der Waals surface area contributed by atoms with Crippen LogP contribution in [0.4, 0.5) is 0 Å². The van der Waals surface area contributed by atoms with E-state index in [-0.39, 0.29) is 0 Å². The van der Waals surface area contributed by atoms with Crippen molar-refractivity contribution in [2.24, 2.45) is 7.05 Å². The summed E-state index contributed by atoms with van der Waals surface area (Å²) < 4.78 is 13.2. The van der Waals surface area contributed by atoms with E-state index in [0.29, 0.717) is 0 Å². The largest absolute Gasteiger partial charge is 0.497 e. The maximum atomic E-state index is 5.94. The molecule has 0 bridgehead atoms. The van der Waals surface area contributed by atoms with Crippen LogP contribution < -0.4 is 4.74 Å². The Bertz CT molecular complexity index is 950. The summed E-state index contributed by atoms with van der Waals surface area (Å²) in [5, 5.41) is 1.04. The van der Waals surface area contributed by atoms with E-state index in [9.17, 15) is 0 Å². The molecule has 4 aromatic rings. The fraction of sp³-hybridized carbons (Fsp3) is 0.118. The van der Waals surface area contributed by atoms with Gasteiger partial charge >= 0.3 is 0 Å². The van der Waals surface area contributed by atoms with E-state index < -0.39 is 0 Å². The van der Waals surface area contributed by atoms with E-state index in [4.69, 9.17) is 9.15 Å². The van der Waals surface area contributed by atoms with Gasteiger partial charge in [-0.1, -0.05) is 12.1 Å². The van der Waals surface area contributed by atoms with Gasteiger partial charge in [-0.05, 0) is 30.3 Å². The van der Waals surface area contributed by atoms with Crippen LogP contribution in [0.15, 0.2) is 52.9 Å². The highest BCUT2D eigenvalue weighted by molar-refractivity contribution is 5.85. The normalized spacial score (nSPS) is 11.3. The standard InChI is InChI=1S/C17H14N2O2/c1-19-14-6-4-3-5-13(14)18-17(19)16-9-11-7-8-12(20-2)10-15(11)21-16/h3-10H,1-2H3. The third kappa shape index (κ3) is 1.80. The summed E-state index contributed by atoms with van der Waals surface area (Å²) in [7, 11) is 3.65. The van der Waals surface area contributed by atoms with Crippen LogP contribution in [-0.2, 0) is 7.05 Å². The van der Waals surface area contributed by atoms with Crippen LogP contribution >= 0.6 is 0 Å². The van der Waals surface area contributed by atoms with E-state index in [1.54, 1.807) is 7.11 Å². The average Bonchev–Trinajstić information content (AvgIpc) is 3.08. The monoisotopic (exact) mass is 278 g/mol. The summed E-state index contributed by atoms with van der Waals surface area (Å²) in [6, 6.07) is 15.9. The number of aryl methyl sites for hydroxylation is 1. The van der Waals surface area contributed by atoms with Gasteiger partial charge in [-0.2, -0.15) is 0 Å². The molecule has 0 aliphatic carbocycles. The number of hydrogen-bond acceptors (Lipinski definition) is 3. The van der Waals surface area contributed by atoms with Crippen LogP contribution in [0.5, 0.6) is 5.75 Å². The highest BCUT2D eigenvalue weighted by Gasteiger charge is 2.14. The molecule has 0 unspecified atom stereocenters. The summed E-state index contributed by atoms with van der Waals surface area (Å²) in [6.07, 6.45) is 0. The Kier molecular flexibility index (Phi) is 2.51. The van der Waals surface area contributed by atoms with E-state index in [0.717, 1.165) is 39.3 Å². The highest BCUT2D eigenvalue weighted by Crippen LogP contribution is 2.31. The lowest BCUT2D eigenvalue weighted by atomic mass is 10.2. The molecule has 4 heteroatoms. The predicted octanol–water partition coefficient (Wildman–Crippen LogP) is 4.00. The Labute approximate surface area is 121 Å². The number of ether oxygens (including phenoxy) is 1. The van der Waals surface area contributed by atoms with Crippen molar-refractivity contribution in [3.8, 4) is 17.3 Å². The molecule has 0 fully saturated rings. The minimum atomic E-state index is 0.761. The maximum absolute atomic E-state index is 5.94. The van der Waals surface area contributed by atoms with Gasteiger partial charge in [0.05, 0.1) is 18.1 Å². The van der Waals surface area contributed by atoms with Crippen LogP contribution in [0.1, 0.15) is 0 Å². The van der Waals surface area contributed by atoms with Crippen LogP contribution in [0.3, 0.4) is 0 Å². The van der Waals surface area contributed by atoms with Gasteiger partial charge in [0.15, 0.2) is 11.6 Å². The van der Waals surface area contributed by atoms with Gasteiger partial charge in [-0.15, -0.1) is 0 Å². The molecule has 4 nitrogen and oxygen atoms in total. The van der Waals surface area contributed by atoms with Crippen LogP contribution in [0, 0.1) is 0 Å². The summed E-state index contributed by atoms with van der Waals surface area (Å²) in [5.74, 6) is 2.37. The van der Waals surface area contributed by atoms with Crippen molar-refractivity contribution >= 4 is 22.0 Å². The fourth-order valence-corrected chi connectivity index (χ4v) is 2.61. The number of aromatic nitrogens is 2. The molecule has 0 spiro atoms. The summed E-state index contributed by atoms with van der Waals surface area (Å²) >= 11 is 0. The highest BCUT2D eigenvalue weighted by atomic mass is 16.5. The molecule has 21 heavy (non-hydrogen) atoms. The zero-order valence-corrected chi connectivity index (χ0v) is 11.8. The Morgan fingerprint density at radius 3 is 2.76 bits per heavy atom. The first-order valence-corrected chi connectivity index (χ1v) is 6.75. The number of furan rings is 1. The van der Waals surface area contributed by atoms with Crippen molar-refractivity contribution in [3.05, 3.63) is 48.5 Å². The summed E-state index contributed by atoms with van der Waals surface area (Å²) in [4.78, 5) is 4.66. The van der Waals surface area contributed by atoms with Gasteiger partial charge in [-0.3, -0.25) is 0 Å².